The van der Waals surface area contributed by atoms with Gasteiger partial charge < -0.3 is 9.85 Å². The van der Waals surface area contributed by atoms with Crippen LogP contribution in [-0.2, 0) is 0 Å². The Morgan fingerprint density at radius 1 is 1.45 bits per heavy atom. The Bertz CT molecular complexity index is 222. The molecule has 0 spiro atoms. The number of aliphatic imine (C=N–C) groups is 1. The molecule has 1 atom stereocenters. The molecule has 2 rings (SSSR count). The van der Waals surface area contributed by atoms with Gasteiger partial charge in [0.15, 0.2) is 0 Å². The lowest BCUT2D eigenvalue weighted by atomic mass is 10.1. The minimum atomic E-state index is -0.170. The van der Waals surface area contributed by atoms with Crippen LogP contribution in [0.4, 0.5) is 0 Å². The van der Waals surface area contributed by atoms with Gasteiger partial charge in [-0.25, -0.2) is 4.99 Å². The van der Waals surface area contributed by atoms with Crippen LogP contribution in [0.3, 0.4) is 0 Å². The van der Waals surface area contributed by atoms with Crippen molar-refractivity contribution in [1.82, 2.24) is 0 Å². The van der Waals surface area contributed by atoms with E-state index in [1.54, 1.807) is 6.20 Å². The topological polar surface area (TPSA) is 35.4 Å². The Labute approximate surface area is 66.2 Å². The fourth-order valence-corrected chi connectivity index (χ4v) is 1.71. The Hall–Kier alpha value is -0.670. The van der Waals surface area contributed by atoms with Crippen LogP contribution in [0, 0.1) is 5.21 Å². The van der Waals surface area contributed by atoms with Crippen LogP contribution >= 0.6 is 0 Å². The largest absolute Gasteiger partial charge is 0.626 e. The quantitative estimate of drug-likeness (QED) is 0.382. The van der Waals surface area contributed by atoms with Crippen LogP contribution in [0.1, 0.15) is 19.3 Å². The van der Waals surface area contributed by atoms with Crippen molar-refractivity contribution in [2.45, 2.75) is 19.3 Å². The first-order chi connectivity index (χ1) is 5.31. The van der Waals surface area contributed by atoms with Crippen molar-refractivity contribution in [3.8, 4) is 0 Å². The molecule has 2 aliphatic rings. The monoisotopic (exact) mass is 152 g/mol. The van der Waals surface area contributed by atoms with Crippen LogP contribution in [0.25, 0.3) is 0 Å². The molecule has 2 heterocycles. The number of hydroxylamine groups is 3. The van der Waals surface area contributed by atoms with Gasteiger partial charge in [-0.3, -0.25) is 0 Å². The fourth-order valence-electron chi connectivity index (χ4n) is 1.71. The van der Waals surface area contributed by atoms with Crippen molar-refractivity contribution < 1.29 is 4.65 Å². The molecule has 60 valence electrons. The number of fused-ring (bicyclic) bond motifs is 1. The zero-order chi connectivity index (χ0) is 7.73. The maximum absolute atomic E-state index is 11.9. The van der Waals surface area contributed by atoms with E-state index in [1.807, 2.05) is 6.08 Å². The van der Waals surface area contributed by atoms with Gasteiger partial charge in [0.2, 0.25) is 5.84 Å². The summed E-state index contributed by atoms with van der Waals surface area (Å²) < 4.78 is -0.170. The number of nitrogens with zero attached hydrogens (tertiary/aromatic N) is 2. The molecule has 0 aromatic heterocycles. The Kier molecular flexibility index (Phi) is 1.55. The minimum Gasteiger partial charge on any atom is -0.626 e. The molecule has 1 saturated heterocycles. The number of hydrogen-bond acceptors (Lipinski definition) is 2. The highest BCUT2D eigenvalue weighted by molar-refractivity contribution is 5.77. The molecule has 2 aliphatic heterocycles. The van der Waals surface area contributed by atoms with E-state index in [1.165, 1.54) is 0 Å². The summed E-state index contributed by atoms with van der Waals surface area (Å²) in [7, 11) is 0. The van der Waals surface area contributed by atoms with Crippen LogP contribution in [0.2, 0.25) is 0 Å². The third-order valence-corrected chi connectivity index (χ3v) is 2.37. The number of hydrogen-bond donors (Lipinski definition) is 0. The molecule has 1 unspecified atom stereocenters. The summed E-state index contributed by atoms with van der Waals surface area (Å²) in [5.74, 6) is 0.832. The van der Waals surface area contributed by atoms with E-state index in [4.69, 9.17) is 0 Å². The van der Waals surface area contributed by atoms with Gasteiger partial charge in [0.25, 0.3) is 0 Å². The maximum atomic E-state index is 11.9. The van der Waals surface area contributed by atoms with Crippen LogP contribution in [0.5, 0.6) is 0 Å². The van der Waals surface area contributed by atoms with Crippen LogP contribution in [-0.4, -0.2) is 23.6 Å². The SMILES string of the molecule is [O-][N+]12CC=CN=C1CCCC2. The summed E-state index contributed by atoms with van der Waals surface area (Å²) in [6, 6.07) is 0. The van der Waals surface area contributed by atoms with E-state index < -0.39 is 0 Å². The lowest BCUT2D eigenvalue weighted by Crippen LogP contribution is -2.51. The molecule has 0 radical (unpaired) electrons. The third kappa shape index (κ3) is 1.10. The highest BCUT2D eigenvalue weighted by Gasteiger charge is 2.28. The molecule has 0 aliphatic carbocycles. The highest BCUT2D eigenvalue weighted by atomic mass is 16.5. The lowest BCUT2D eigenvalue weighted by Gasteiger charge is -2.45. The van der Waals surface area contributed by atoms with Crippen LogP contribution in [0.15, 0.2) is 17.3 Å². The molecule has 3 nitrogen and oxygen atoms in total. The summed E-state index contributed by atoms with van der Waals surface area (Å²) in [6.07, 6.45) is 6.70. The molecular formula is C8H12N2O. The number of amidine groups is 1. The van der Waals surface area contributed by atoms with Gasteiger partial charge in [-0.1, -0.05) is 0 Å². The summed E-state index contributed by atoms with van der Waals surface area (Å²) >= 11 is 0. The first-order valence-corrected chi connectivity index (χ1v) is 4.12. The van der Waals surface area contributed by atoms with Gasteiger partial charge in [0.1, 0.15) is 6.54 Å². The Morgan fingerprint density at radius 2 is 2.36 bits per heavy atom. The summed E-state index contributed by atoms with van der Waals surface area (Å²) in [4.78, 5) is 4.12. The highest BCUT2D eigenvalue weighted by Crippen LogP contribution is 2.22. The van der Waals surface area contributed by atoms with Crippen molar-refractivity contribution in [3.05, 3.63) is 17.5 Å². The first-order valence-electron chi connectivity index (χ1n) is 4.12. The second-order valence-corrected chi connectivity index (χ2v) is 3.18. The van der Waals surface area contributed by atoms with E-state index in [9.17, 15) is 5.21 Å². The molecular weight excluding hydrogens is 140 g/mol. The molecule has 0 N–H and O–H groups in total. The van der Waals surface area contributed by atoms with E-state index in [0.717, 1.165) is 31.6 Å². The number of piperidine rings is 1. The van der Waals surface area contributed by atoms with Gasteiger partial charge in [-0.05, 0) is 18.9 Å². The number of quaternary nitrogens is 1. The fraction of sp³-hybridized carbons (Fsp3) is 0.625. The molecule has 0 amide bonds. The van der Waals surface area contributed by atoms with E-state index in [2.05, 4.69) is 4.99 Å². The second-order valence-electron chi connectivity index (χ2n) is 3.18. The smallest absolute Gasteiger partial charge is 0.202 e. The molecule has 0 aromatic carbocycles. The zero-order valence-electron chi connectivity index (χ0n) is 6.49. The standard InChI is InChI=1S/C8H12N2O/c11-10-6-2-1-4-8(10)9-5-3-7-10/h3,5H,1-2,4,6-7H2. The normalized spacial score (nSPS) is 36.3. The minimum absolute atomic E-state index is 0.170. The molecule has 0 aromatic rings. The maximum Gasteiger partial charge on any atom is 0.202 e. The van der Waals surface area contributed by atoms with Gasteiger partial charge in [-0.2, -0.15) is 0 Å². The van der Waals surface area contributed by atoms with Crippen molar-refractivity contribution in [2.75, 3.05) is 13.1 Å². The van der Waals surface area contributed by atoms with Crippen molar-refractivity contribution in [2.24, 2.45) is 4.99 Å². The van der Waals surface area contributed by atoms with Gasteiger partial charge in [0, 0.05) is 12.6 Å². The van der Waals surface area contributed by atoms with Gasteiger partial charge >= 0.3 is 0 Å². The molecule has 1 fully saturated rings. The predicted molar refractivity (Wildman–Crippen MR) is 43.8 cm³/mol. The number of rotatable bonds is 0. The average molecular weight is 152 g/mol. The average Bonchev–Trinajstić information content (AvgIpc) is 2.03. The second kappa shape index (κ2) is 2.43. The van der Waals surface area contributed by atoms with E-state index >= 15 is 0 Å². The third-order valence-electron chi connectivity index (χ3n) is 2.37. The summed E-state index contributed by atoms with van der Waals surface area (Å²) in [6.45, 7) is 1.32. The first kappa shape index (κ1) is 7.00. The molecule has 0 bridgehead atoms. The van der Waals surface area contributed by atoms with Crippen molar-refractivity contribution >= 4 is 5.84 Å². The van der Waals surface area contributed by atoms with Gasteiger partial charge in [-0.15, -0.1) is 0 Å². The van der Waals surface area contributed by atoms with Crippen molar-refractivity contribution in [1.29, 1.82) is 0 Å². The molecule has 0 saturated carbocycles. The lowest BCUT2D eigenvalue weighted by molar-refractivity contribution is -0.788. The van der Waals surface area contributed by atoms with Crippen LogP contribution < -0.4 is 0 Å². The van der Waals surface area contributed by atoms with Crippen molar-refractivity contribution in [3.63, 3.8) is 0 Å². The van der Waals surface area contributed by atoms with E-state index in [0.29, 0.717) is 6.54 Å². The molecule has 11 heavy (non-hydrogen) atoms. The van der Waals surface area contributed by atoms with E-state index in [-0.39, 0.29) is 4.65 Å². The predicted octanol–water partition coefficient (Wildman–Crippen LogP) is 1.41. The summed E-state index contributed by atoms with van der Waals surface area (Å²) in [5, 5.41) is 11.9. The summed E-state index contributed by atoms with van der Waals surface area (Å²) in [5.41, 5.74) is 0. The Morgan fingerprint density at radius 3 is 3.18 bits per heavy atom. The van der Waals surface area contributed by atoms with Gasteiger partial charge in [0.05, 0.1) is 6.54 Å². The Balaban J connectivity index is 2.26. The molecule has 3 heteroatoms. The zero-order valence-corrected chi connectivity index (χ0v) is 6.49.